The minimum Gasteiger partial charge on any atom is -0.352 e. The molecule has 4 heteroatoms. The molecule has 4 nitrogen and oxygen atoms in total. The summed E-state index contributed by atoms with van der Waals surface area (Å²) in [6.45, 7) is 3.76. The lowest BCUT2D eigenvalue weighted by atomic mass is 10.0. The third-order valence-corrected chi connectivity index (χ3v) is 4.89. The van der Waals surface area contributed by atoms with Gasteiger partial charge in [-0.05, 0) is 36.5 Å². The van der Waals surface area contributed by atoms with Gasteiger partial charge in [0, 0.05) is 19.5 Å². The summed E-state index contributed by atoms with van der Waals surface area (Å²) >= 11 is 0. The highest BCUT2D eigenvalue weighted by Crippen LogP contribution is 2.28. The van der Waals surface area contributed by atoms with Gasteiger partial charge in [0.25, 0.3) is 0 Å². The van der Waals surface area contributed by atoms with Crippen LogP contribution in [0, 0.1) is 5.92 Å². The maximum absolute atomic E-state index is 12.0. The van der Waals surface area contributed by atoms with Crippen molar-refractivity contribution in [3.05, 3.63) is 30.1 Å². The molecule has 0 spiro atoms. The van der Waals surface area contributed by atoms with E-state index in [1.165, 1.54) is 31.2 Å². The molecule has 0 atom stereocenters. The molecule has 0 bridgehead atoms. The molecule has 1 heterocycles. The first-order valence-corrected chi connectivity index (χ1v) is 8.96. The van der Waals surface area contributed by atoms with E-state index in [9.17, 15) is 4.79 Å². The van der Waals surface area contributed by atoms with Crippen molar-refractivity contribution >= 4 is 16.9 Å². The molecule has 3 rings (SSSR count). The first-order chi connectivity index (χ1) is 11.3. The van der Waals surface area contributed by atoms with Crippen molar-refractivity contribution in [1.82, 2.24) is 14.9 Å². The zero-order chi connectivity index (χ0) is 16.1. The second-order valence-electron chi connectivity index (χ2n) is 6.73. The minimum absolute atomic E-state index is 0.175. The van der Waals surface area contributed by atoms with Crippen molar-refractivity contribution in [2.45, 2.75) is 65.0 Å². The average Bonchev–Trinajstić information content (AvgIpc) is 3.21. The minimum atomic E-state index is 0.175. The van der Waals surface area contributed by atoms with Crippen molar-refractivity contribution in [3.8, 4) is 0 Å². The van der Waals surface area contributed by atoms with Crippen LogP contribution >= 0.6 is 0 Å². The monoisotopic (exact) mass is 313 g/mol. The van der Waals surface area contributed by atoms with E-state index in [0.717, 1.165) is 36.4 Å². The Morgan fingerprint density at radius 3 is 2.96 bits per heavy atom. The maximum atomic E-state index is 12.0. The molecule has 0 aliphatic heterocycles. The second-order valence-corrected chi connectivity index (χ2v) is 6.73. The van der Waals surface area contributed by atoms with Gasteiger partial charge < -0.3 is 9.88 Å². The molecule has 0 saturated heterocycles. The third-order valence-electron chi connectivity index (χ3n) is 4.89. The number of fused-ring (bicyclic) bond motifs is 1. The molecule has 0 unspecified atom stereocenters. The highest BCUT2D eigenvalue weighted by atomic mass is 16.1. The molecule has 1 saturated carbocycles. The van der Waals surface area contributed by atoms with E-state index in [2.05, 4.69) is 40.0 Å². The summed E-state index contributed by atoms with van der Waals surface area (Å²) in [6, 6.07) is 6.28. The topological polar surface area (TPSA) is 46.9 Å². The molecule has 1 aliphatic rings. The molecule has 1 fully saturated rings. The van der Waals surface area contributed by atoms with Crippen LogP contribution in [0.15, 0.2) is 24.5 Å². The van der Waals surface area contributed by atoms with Gasteiger partial charge in [0.05, 0.1) is 17.4 Å². The Morgan fingerprint density at radius 1 is 1.35 bits per heavy atom. The highest BCUT2D eigenvalue weighted by molar-refractivity contribution is 5.77. The second kappa shape index (κ2) is 7.62. The summed E-state index contributed by atoms with van der Waals surface area (Å²) in [5, 5.41) is 3.05. The van der Waals surface area contributed by atoms with E-state index in [1.54, 1.807) is 0 Å². The highest BCUT2D eigenvalue weighted by Gasteiger charge is 2.16. The van der Waals surface area contributed by atoms with Gasteiger partial charge in [0.1, 0.15) is 0 Å². The number of nitrogens with one attached hydrogen (secondary N) is 1. The third kappa shape index (κ3) is 4.12. The van der Waals surface area contributed by atoms with Gasteiger partial charge in [-0.25, -0.2) is 4.98 Å². The number of rotatable bonds is 7. The van der Waals surface area contributed by atoms with Crippen LogP contribution in [0.2, 0.25) is 0 Å². The number of carbonyl (C=O) groups is 1. The molecule has 1 aromatic heterocycles. The predicted octanol–water partition coefficient (Wildman–Crippen LogP) is 4.03. The van der Waals surface area contributed by atoms with Crippen LogP contribution in [0.3, 0.4) is 0 Å². The zero-order valence-electron chi connectivity index (χ0n) is 14.1. The number of benzene rings is 1. The number of hydrogen-bond acceptors (Lipinski definition) is 2. The van der Waals surface area contributed by atoms with E-state index in [1.807, 2.05) is 6.33 Å². The molecular weight excluding hydrogens is 286 g/mol. The van der Waals surface area contributed by atoms with Crippen molar-refractivity contribution < 1.29 is 4.79 Å². The number of amides is 1. The number of hydrogen-bond donors (Lipinski definition) is 1. The predicted molar refractivity (Wildman–Crippen MR) is 93.1 cm³/mol. The number of imidazole rings is 1. The molecular formula is C19H27N3O. The number of aryl methyl sites for hydroxylation is 1. The molecule has 1 amide bonds. The summed E-state index contributed by atoms with van der Waals surface area (Å²) in [5.74, 6) is 0.952. The van der Waals surface area contributed by atoms with Gasteiger partial charge in [-0.3, -0.25) is 4.79 Å². The van der Waals surface area contributed by atoms with Gasteiger partial charge >= 0.3 is 0 Å². The fraction of sp³-hybridized carbons (Fsp3) is 0.579. The van der Waals surface area contributed by atoms with Crippen LogP contribution in [0.4, 0.5) is 0 Å². The Labute approximate surface area is 138 Å². The first-order valence-electron chi connectivity index (χ1n) is 8.96. The van der Waals surface area contributed by atoms with Crippen molar-refractivity contribution in [3.63, 3.8) is 0 Å². The number of carbonyl (C=O) groups excluding carboxylic acids is 1. The molecule has 1 N–H and O–H groups in total. The maximum Gasteiger partial charge on any atom is 0.220 e. The van der Waals surface area contributed by atoms with Crippen molar-refractivity contribution in [2.24, 2.45) is 5.92 Å². The molecule has 124 valence electrons. The lowest BCUT2D eigenvalue weighted by Gasteiger charge is -2.09. The van der Waals surface area contributed by atoms with Gasteiger partial charge in [-0.15, -0.1) is 0 Å². The van der Waals surface area contributed by atoms with E-state index >= 15 is 0 Å². The molecule has 1 aromatic carbocycles. The molecule has 1 aliphatic carbocycles. The van der Waals surface area contributed by atoms with Crippen LogP contribution in [0.5, 0.6) is 0 Å². The summed E-state index contributed by atoms with van der Waals surface area (Å²) in [5.41, 5.74) is 3.30. The van der Waals surface area contributed by atoms with Gasteiger partial charge in [-0.1, -0.05) is 38.7 Å². The summed E-state index contributed by atoms with van der Waals surface area (Å²) in [4.78, 5) is 16.5. The normalized spacial score (nSPS) is 15.3. The number of nitrogens with zero attached hydrogens (tertiary/aromatic N) is 2. The molecule has 2 aromatic rings. The lowest BCUT2D eigenvalue weighted by molar-refractivity contribution is -0.121. The Hall–Kier alpha value is -1.84. The smallest absolute Gasteiger partial charge is 0.220 e. The SMILES string of the molecule is CCCn1cnc2cc(CNC(=O)CCC3CCCC3)ccc21. The van der Waals surface area contributed by atoms with Crippen molar-refractivity contribution in [2.75, 3.05) is 0 Å². The van der Waals surface area contributed by atoms with Crippen LogP contribution in [0.25, 0.3) is 11.0 Å². The molecule has 0 radical (unpaired) electrons. The quantitative estimate of drug-likeness (QED) is 0.839. The van der Waals surface area contributed by atoms with Gasteiger partial charge in [-0.2, -0.15) is 0 Å². The first kappa shape index (κ1) is 16.0. The molecule has 23 heavy (non-hydrogen) atoms. The van der Waals surface area contributed by atoms with Crippen LogP contribution in [0.1, 0.15) is 57.4 Å². The van der Waals surface area contributed by atoms with Crippen molar-refractivity contribution in [1.29, 1.82) is 0 Å². The summed E-state index contributed by atoms with van der Waals surface area (Å²) in [6.07, 6.45) is 10.0. The lowest BCUT2D eigenvalue weighted by Crippen LogP contribution is -2.23. The summed E-state index contributed by atoms with van der Waals surface area (Å²) in [7, 11) is 0. The van der Waals surface area contributed by atoms with Crippen LogP contribution in [-0.4, -0.2) is 15.5 Å². The van der Waals surface area contributed by atoms with E-state index in [0.29, 0.717) is 13.0 Å². The Kier molecular flexibility index (Phi) is 5.31. The van der Waals surface area contributed by atoms with Gasteiger partial charge in [0.2, 0.25) is 5.91 Å². The fourth-order valence-corrected chi connectivity index (χ4v) is 3.56. The average molecular weight is 313 g/mol. The fourth-order valence-electron chi connectivity index (χ4n) is 3.56. The Morgan fingerprint density at radius 2 is 2.17 bits per heavy atom. The largest absolute Gasteiger partial charge is 0.352 e. The van der Waals surface area contributed by atoms with E-state index < -0.39 is 0 Å². The van der Waals surface area contributed by atoms with Crippen LogP contribution in [-0.2, 0) is 17.9 Å². The zero-order valence-corrected chi connectivity index (χ0v) is 14.1. The van der Waals surface area contributed by atoms with E-state index in [4.69, 9.17) is 0 Å². The Bertz CT molecular complexity index is 656. The summed E-state index contributed by atoms with van der Waals surface area (Å²) < 4.78 is 2.18. The Balaban J connectivity index is 1.51. The van der Waals surface area contributed by atoms with E-state index in [-0.39, 0.29) is 5.91 Å². The number of aromatic nitrogens is 2. The standard InChI is InChI=1S/C19H27N3O/c1-2-11-22-14-21-17-12-16(7-9-18(17)22)13-20-19(23)10-8-15-5-3-4-6-15/h7,9,12,14-15H,2-6,8,10-11,13H2,1H3,(H,20,23). The van der Waals surface area contributed by atoms with Gasteiger partial charge in [0.15, 0.2) is 0 Å². The van der Waals surface area contributed by atoms with Crippen LogP contribution < -0.4 is 5.32 Å².